The van der Waals surface area contributed by atoms with Crippen LogP contribution >= 0.6 is 0 Å². The largest absolute Gasteiger partial charge is 0.481 e. The van der Waals surface area contributed by atoms with Crippen LogP contribution in [0.25, 0.3) is 0 Å². The van der Waals surface area contributed by atoms with Crippen molar-refractivity contribution in [1.82, 2.24) is 14.7 Å². The van der Waals surface area contributed by atoms with Crippen molar-refractivity contribution in [2.24, 2.45) is 5.92 Å². The van der Waals surface area contributed by atoms with Gasteiger partial charge < -0.3 is 14.9 Å². The monoisotopic (exact) mass is 349 g/mol. The van der Waals surface area contributed by atoms with E-state index in [0.717, 1.165) is 6.54 Å². The van der Waals surface area contributed by atoms with Gasteiger partial charge in [-0.1, -0.05) is 6.07 Å². The average Bonchev–Trinajstić information content (AvgIpc) is 2.74. The fraction of sp³-hybridized carbons (Fsp3) is 0.556. The molecule has 3 rings (SSSR count). The van der Waals surface area contributed by atoms with Crippen LogP contribution in [-0.4, -0.2) is 84.0 Å². The van der Waals surface area contributed by atoms with Gasteiger partial charge in [-0.25, -0.2) is 4.39 Å². The van der Waals surface area contributed by atoms with Crippen LogP contribution in [-0.2, 0) is 4.79 Å². The van der Waals surface area contributed by atoms with Crippen molar-refractivity contribution >= 4 is 11.9 Å². The Morgan fingerprint density at radius 1 is 1.16 bits per heavy atom. The number of likely N-dealkylation sites (N-methyl/N-ethyl adjacent to an activating group) is 1. The summed E-state index contributed by atoms with van der Waals surface area (Å²) in [7, 11) is 1.91. The molecule has 0 bridgehead atoms. The Hall–Kier alpha value is -1.99. The molecule has 25 heavy (non-hydrogen) atoms. The topological polar surface area (TPSA) is 64.1 Å². The van der Waals surface area contributed by atoms with E-state index >= 15 is 0 Å². The third kappa shape index (κ3) is 3.82. The molecule has 0 saturated carbocycles. The van der Waals surface area contributed by atoms with E-state index in [9.17, 15) is 19.1 Å². The molecular weight excluding hydrogens is 325 g/mol. The number of carbonyl (C=O) groups is 2. The number of carboxylic acids is 1. The number of benzene rings is 1. The highest BCUT2D eigenvalue weighted by Gasteiger charge is 2.36. The molecule has 2 fully saturated rings. The van der Waals surface area contributed by atoms with Gasteiger partial charge >= 0.3 is 5.97 Å². The number of piperazine rings is 1. The molecule has 7 heteroatoms. The van der Waals surface area contributed by atoms with Crippen LogP contribution < -0.4 is 0 Å². The van der Waals surface area contributed by atoms with Crippen molar-refractivity contribution in [3.8, 4) is 0 Å². The number of aliphatic carboxylic acids is 1. The van der Waals surface area contributed by atoms with Gasteiger partial charge in [0, 0.05) is 50.9 Å². The minimum atomic E-state index is -0.777. The molecule has 1 amide bonds. The summed E-state index contributed by atoms with van der Waals surface area (Å²) in [5, 5.41) is 9.36. The van der Waals surface area contributed by atoms with Gasteiger partial charge in [-0.15, -0.1) is 0 Å². The van der Waals surface area contributed by atoms with Gasteiger partial charge in [-0.3, -0.25) is 14.5 Å². The molecule has 0 aliphatic carbocycles. The number of hydrogen-bond donors (Lipinski definition) is 1. The van der Waals surface area contributed by atoms with Crippen LogP contribution in [0.1, 0.15) is 15.9 Å². The average molecular weight is 349 g/mol. The normalized spacial score (nSPS) is 25.3. The van der Waals surface area contributed by atoms with Crippen molar-refractivity contribution in [1.29, 1.82) is 0 Å². The van der Waals surface area contributed by atoms with Crippen molar-refractivity contribution in [2.75, 3.05) is 46.3 Å². The van der Waals surface area contributed by atoms with Crippen LogP contribution in [0, 0.1) is 18.7 Å². The number of aryl methyl sites for hydroxylation is 1. The fourth-order valence-electron chi connectivity index (χ4n) is 3.71. The molecule has 2 heterocycles. The van der Waals surface area contributed by atoms with E-state index in [2.05, 4.69) is 4.90 Å². The molecule has 6 nitrogen and oxygen atoms in total. The van der Waals surface area contributed by atoms with Gasteiger partial charge in [0.2, 0.25) is 0 Å². The number of carboxylic acid groups (broad SMARTS) is 1. The van der Waals surface area contributed by atoms with Crippen LogP contribution in [0.4, 0.5) is 4.39 Å². The van der Waals surface area contributed by atoms with Crippen LogP contribution in [0.15, 0.2) is 18.2 Å². The number of halogens is 1. The first-order valence-corrected chi connectivity index (χ1v) is 8.56. The number of carbonyl (C=O) groups excluding carboxylic acids is 1. The van der Waals surface area contributed by atoms with Gasteiger partial charge in [0.25, 0.3) is 5.91 Å². The number of hydrogen-bond acceptors (Lipinski definition) is 4. The minimum Gasteiger partial charge on any atom is -0.481 e. The maximum atomic E-state index is 13.8. The van der Waals surface area contributed by atoms with Crippen LogP contribution in [0.5, 0.6) is 0 Å². The molecule has 2 unspecified atom stereocenters. The van der Waals surface area contributed by atoms with Crippen molar-refractivity contribution in [3.63, 3.8) is 0 Å². The smallest absolute Gasteiger partial charge is 0.309 e. The van der Waals surface area contributed by atoms with Crippen molar-refractivity contribution in [3.05, 3.63) is 35.1 Å². The summed E-state index contributed by atoms with van der Waals surface area (Å²) in [4.78, 5) is 30.0. The Kier molecular flexibility index (Phi) is 5.06. The number of rotatable bonds is 2. The molecule has 2 atom stereocenters. The zero-order valence-electron chi connectivity index (χ0n) is 14.6. The third-order valence-electron chi connectivity index (χ3n) is 5.17. The molecule has 1 N–H and O–H groups in total. The quantitative estimate of drug-likeness (QED) is 0.860. The molecule has 2 aliphatic heterocycles. The van der Waals surface area contributed by atoms with Crippen molar-refractivity contribution < 1.29 is 19.1 Å². The van der Waals surface area contributed by atoms with E-state index in [1.165, 1.54) is 6.07 Å². The van der Waals surface area contributed by atoms with E-state index < -0.39 is 11.9 Å². The maximum Gasteiger partial charge on any atom is 0.309 e. The second-order valence-electron chi connectivity index (χ2n) is 7.12. The SMILES string of the molecule is Cc1ccc(C(=O)N2CCN3CC(C(=O)O)CN(C)CC3C2)cc1F. The first-order valence-electron chi connectivity index (χ1n) is 8.56. The van der Waals surface area contributed by atoms with Crippen LogP contribution in [0.2, 0.25) is 0 Å². The Labute approximate surface area is 146 Å². The summed E-state index contributed by atoms with van der Waals surface area (Å²) in [6.07, 6.45) is 0. The first-order chi connectivity index (χ1) is 11.8. The van der Waals surface area contributed by atoms with Crippen molar-refractivity contribution in [2.45, 2.75) is 13.0 Å². The Morgan fingerprint density at radius 3 is 2.60 bits per heavy atom. The van der Waals surface area contributed by atoms with Gasteiger partial charge in [0.05, 0.1) is 5.92 Å². The van der Waals surface area contributed by atoms with Gasteiger partial charge in [0.1, 0.15) is 5.82 Å². The molecule has 136 valence electrons. The number of amides is 1. The standard InChI is InChI=1S/C18H24FN3O3/c1-12-3-4-13(7-16(12)19)17(23)22-6-5-21-9-14(18(24)25)8-20(2)10-15(21)11-22/h3-4,7,14-15H,5-6,8-11H2,1-2H3,(H,24,25). The Bertz CT molecular complexity index is 682. The molecule has 0 spiro atoms. The summed E-state index contributed by atoms with van der Waals surface area (Å²) >= 11 is 0. The van der Waals surface area contributed by atoms with Gasteiger partial charge in [-0.2, -0.15) is 0 Å². The molecule has 2 aliphatic rings. The summed E-state index contributed by atoms with van der Waals surface area (Å²) in [6, 6.07) is 4.68. The lowest BCUT2D eigenvalue weighted by Crippen LogP contribution is -2.57. The lowest BCUT2D eigenvalue weighted by Gasteiger charge is -2.41. The molecule has 0 aromatic heterocycles. The molecule has 0 radical (unpaired) electrons. The molecule has 2 saturated heterocycles. The Morgan fingerprint density at radius 2 is 1.92 bits per heavy atom. The summed E-state index contributed by atoms with van der Waals surface area (Å²) in [5.41, 5.74) is 0.883. The van der Waals surface area contributed by atoms with E-state index in [0.29, 0.717) is 43.9 Å². The zero-order chi connectivity index (χ0) is 18.1. The summed E-state index contributed by atoms with van der Waals surface area (Å²) in [6.45, 7) is 5.11. The zero-order valence-corrected chi connectivity index (χ0v) is 14.6. The molecule has 1 aromatic rings. The highest BCUT2D eigenvalue weighted by molar-refractivity contribution is 5.94. The summed E-state index contributed by atoms with van der Waals surface area (Å²) < 4.78 is 13.8. The van der Waals surface area contributed by atoms with E-state index in [4.69, 9.17) is 0 Å². The Balaban J connectivity index is 1.72. The predicted octanol–water partition coefficient (Wildman–Crippen LogP) is 0.907. The number of fused-ring (bicyclic) bond motifs is 1. The molecule has 1 aromatic carbocycles. The van der Waals surface area contributed by atoms with Gasteiger partial charge in [-0.05, 0) is 31.7 Å². The minimum absolute atomic E-state index is 0.0994. The third-order valence-corrected chi connectivity index (χ3v) is 5.17. The first kappa shape index (κ1) is 17.8. The lowest BCUT2D eigenvalue weighted by atomic mass is 10.1. The highest BCUT2D eigenvalue weighted by atomic mass is 19.1. The van der Waals surface area contributed by atoms with Gasteiger partial charge in [0.15, 0.2) is 0 Å². The second kappa shape index (κ2) is 7.09. The maximum absolute atomic E-state index is 13.8. The predicted molar refractivity (Wildman–Crippen MR) is 91.0 cm³/mol. The van der Waals surface area contributed by atoms with E-state index in [1.54, 1.807) is 24.0 Å². The molecular formula is C18H24FN3O3. The van der Waals surface area contributed by atoms with E-state index in [-0.39, 0.29) is 17.8 Å². The second-order valence-corrected chi connectivity index (χ2v) is 7.12. The highest BCUT2D eigenvalue weighted by Crippen LogP contribution is 2.20. The summed E-state index contributed by atoms with van der Waals surface area (Å²) in [5.74, 6) is -1.73. The lowest BCUT2D eigenvalue weighted by molar-refractivity contribution is -0.142. The fourth-order valence-corrected chi connectivity index (χ4v) is 3.71. The number of nitrogens with zero attached hydrogens (tertiary/aromatic N) is 3. The van der Waals surface area contributed by atoms with E-state index in [1.807, 2.05) is 11.9 Å². The van der Waals surface area contributed by atoms with Crippen LogP contribution in [0.3, 0.4) is 0 Å².